The molecule has 2 atom stereocenters. The number of aliphatic hydroxyl groups excluding tert-OH is 1. The van der Waals surface area contributed by atoms with Crippen molar-refractivity contribution in [2.75, 3.05) is 0 Å². The van der Waals surface area contributed by atoms with Crippen LogP contribution in [0.5, 0.6) is 0 Å². The van der Waals surface area contributed by atoms with E-state index in [-0.39, 0.29) is 5.91 Å². The first-order valence-corrected chi connectivity index (χ1v) is 5.69. The van der Waals surface area contributed by atoms with Crippen LogP contribution in [0.25, 0.3) is 0 Å². The second-order valence-electron chi connectivity index (χ2n) is 3.93. The molecule has 1 amide bonds. The molecule has 1 unspecified atom stereocenters. The van der Waals surface area contributed by atoms with Crippen molar-refractivity contribution < 1.29 is 19.8 Å². The summed E-state index contributed by atoms with van der Waals surface area (Å²) in [5, 5.41) is 20.2. The quantitative estimate of drug-likeness (QED) is 0.542. The molecule has 5 heteroatoms. The standard InChI is InChI=1S/C11H21NO4/c1-3-4-5-6-7-9(14)12-10(8(2)13)11(15)16/h8,10,13H,3-7H2,1-2H3,(H,12,14)(H,15,16)/t8?,10-/m1/s1. The average molecular weight is 231 g/mol. The van der Waals surface area contributed by atoms with Crippen LogP contribution in [0, 0.1) is 0 Å². The fraction of sp³-hybridized carbons (Fsp3) is 0.818. The van der Waals surface area contributed by atoms with Gasteiger partial charge in [0.15, 0.2) is 6.04 Å². The zero-order valence-corrected chi connectivity index (χ0v) is 9.90. The molecule has 0 spiro atoms. The van der Waals surface area contributed by atoms with Gasteiger partial charge in [-0.2, -0.15) is 0 Å². The number of hydrogen-bond acceptors (Lipinski definition) is 3. The molecule has 0 aliphatic rings. The van der Waals surface area contributed by atoms with Crippen LogP contribution in [0.2, 0.25) is 0 Å². The van der Waals surface area contributed by atoms with Gasteiger partial charge in [0.05, 0.1) is 6.10 Å². The van der Waals surface area contributed by atoms with Gasteiger partial charge in [-0.15, -0.1) is 0 Å². The van der Waals surface area contributed by atoms with Crippen LogP contribution in [0.4, 0.5) is 0 Å². The Hall–Kier alpha value is -1.10. The van der Waals surface area contributed by atoms with Crippen LogP contribution in [-0.2, 0) is 9.59 Å². The lowest BCUT2D eigenvalue weighted by atomic mass is 10.1. The lowest BCUT2D eigenvalue weighted by Gasteiger charge is -2.16. The SMILES string of the molecule is CCCCCCC(=O)N[C@@H](C(=O)O)C(C)O. The van der Waals surface area contributed by atoms with Crippen molar-refractivity contribution in [1.29, 1.82) is 0 Å². The van der Waals surface area contributed by atoms with Gasteiger partial charge in [0.1, 0.15) is 0 Å². The molecule has 0 fully saturated rings. The van der Waals surface area contributed by atoms with Gasteiger partial charge in [-0.1, -0.05) is 26.2 Å². The smallest absolute Gasteiger partial charge is 0.328 e. The Morgan fingerprint density at radius 2 is 1.88 bits per heavy atom. The minimum atomic E-state index is -1.21. The minimum Gasteiger partial charge on any atom is -0.480 e. The molecule has 0 heterocycles. The van der Waals surface area contributed by atoms with Crippen molar-refractivity contribution in [3.8, 4) is 0 Å². The van der Waals surface area contributed by atoms with Gasteiger partial charge in [0.2, 0.25) is 5.91 Å². The van der Waals surface area contributed by atoms with E-state index in [1.165, 1.54) is 6.92 Å². The fourth-order valence-corrected chi connectivity index (χ4v) is 1.35. The van der Waals surface area contributed by atoms with Gasteiger partial charge in [-0.05, 0) is 13.3 Å². The number of nitrogens with one attached hydrogen (secondary N) is 1. The fourth-order valence-electron chi connectivity index (χ4n) is 1.35. The van der Waals surface area contributed by atoms with E-state index in [1.807, 2.05) is 0 Å². The summed E-state index contributed by atoms with van der Waals surface area (Å²) in [5.41, 5.74) is 0. The molecule has 0 aromatic rings. The summed E-state index contributed by atoms with van der Waals surface area (Å²) >= 11 is 0. The number of carbonyl (C=O) groups excluding carboxylic acids is 1. The maximum atomic E-state index is 11.3. The highest BCUT2D eigenvalue weighted by atomic mass is 16.4. The molecule has 0 aliphatic heterocycles. The maximum absolute atomic E-state index is 11.3. The van der Waals surface area contributed by atoms with Crippen LogP contribution in [0.3, 0.4) is 0 Å². The highest BCUT2D eigenvalue weighted by Crippen LogP contribution is 2.03. The third-order valence-corrected chi connectivity index (χ3v) is 2.32. The molecule has 3 N–H and O–H groups in total. The van der Waals surface area contributed by atoms with Gasteiger partial charge in [-0.25, -0.2) is 4.79 Å². The molecule has 16 heavy (non-hydrogen) atoms. The van der Waals surface area contributed by atoms with E-state index >= 15 is 0 Å². The number of hydrogen-bond donors (Lipinski definition) is 3. The number of aliphatic hydroxyl groups is 1. The van der Waals surface area contributed by atoms with Crippen molar-refractivity contribution in [1.82, 2.24) is 5.32 Å². The summed E-state index contributed by atoms with van der Waals surface area (Å²) in [5.74, 6) is -1.53. The van der Waals surface area contributed by atoms with Crippen molar-refractivity contribution in [3.63, 3.8) is 0 Å². The summed E-state index contributed by atoms with van der Waals surface area (Å²) in [6, 6.07) is -1.21. The highest BCUT2D eigenvalue weighted by Gasteiger charge is 2.24. The van der Waals surface area contributed by atoms with Crippen LogP contribution in [0.15, 0.2) is 0 Å². The largest absolute Gasteiger partial charge is 0.480 e. The van der Waals surface area contributed by atoms with Crippen LogP contribution in [-0.4, -0.2) is 34.2 Å². The molecule has 0 saturated heterocycles. The second kappa shape index (κ2) is 8.10. The molecule has 0 saturated carbocycles. The number of rotatable bonds is 8. The van der Waals surface area contributed by atoms with Crippen molar-refractivity contribution >= 4 is 11.9 Å². The van der Waals surface area contributed by atoms with E-state index in [4.69, 9.17) is 10.2 Å². The molecule has 5 nitrogen and oxygen atoms in total. The third-order valence-electron chi connectivity index (χ3n) is 2.32. The Labute approximate surface area is 95.9 Å². The first-order chi connectivity index (χ1) is 7.49. The van der Waals surface area contributed by atoms with E-state index in [0.717, 1.165) is 25.7 Å². The minimum absolute atomic E-state index is 0.315. The Morgan fingerprint density at radius 1 is 1.25 bits per heavy atom. The van der Waals surface area contributed by atoms with E-state index in [0.29, 0.717) is 6.42 Å². The zero-order valence-electron chi connectivity index (χ0n) is 9.90. The van der Waals surface area contributed by atoms with E-state index < -0.39 is 18.1 Å². The zero-order chi connectivity index (χ0) is 12.6. The number of unbranched alkanes of at least 4 members (excludes halogenated alkanes) is 3. The molecule has 0 bridgehead atoms. The van der Waals surface area contributed by atoms with E-state index in [2.05, 4.69) is 12.2 Å². The highest BCUT2D eigenvalue weighted by molar-refractivity contribution is 5.83. The second-order valence-corrected chi connectivity index (χ2v) is 3.93. The molecule has 0 aromatic heterocycles. The molecule has 0 rings (SSSR count). The molecular formula is C11H21NO4. The monoisotopic (exact) mass is 231 g/mol. The van der Waals surface area contributed by atoms with Gasteiger partial charge in [-0.3, -0.25) is 4.79 Å². The van der Waals surface area contributed by atoms with Crippen molar-refractivity contribution in [2.45, 2.75) is 58.1 Å². The Balaban J connectivity index is 3.87. The van der Waals surface area contributed by atoms with Gasteiger partial charge in [0, 0.05) is 6.42 Å². The summed E-state index contributed by atoms with van der Waals surface area (Å²) in [7, 11) is 0. The Kier molecular flexibility index (Phi) is 7.54. The Bertz CT molecular complexity index is 228. The predicted octanol–water partition coefficient (Wildman–Crippen LogP) is 0.907. The molecule has 94 valence electrons. The van der Waals surface area contributed by atoms with Crippen LogP contribution in [0.1, 0.15) is 46.0 Å². The van der Waals surface area contributed by atoms with E-state index in [9.17, 15) is 9.59 Å². The van der Waals surface area contributed by atoms with Crippen molar-refractivity contribution in [2.24, 2.45) is 0 Å². The predicted molar refractivity (Wildman–Crippen MR) is 60.0 cm³/mol. The van der Waals surface area contributed by atoms with Gasteiger partial charge in [0.25, 0.3) is 0 Å². The number of carboxylic acid groups (broad SMARTS) is 1. The average Bonchev–Trinajstić information content (AvgIpc) is 2.20. The number of amides is 1. The summed E-state index contributed by atoms with van der Waals surface area (Å²) in [6.07, 6.45) is 3.12. The molecular weight excluding hydrogens is 210 g/mol. The Morgan fingerprint density at radius 3 is 2.31 bits per heavy atom. The van der Waals surface area contributed by atoms with Gasteiger partial charge < -0.3 is 15.5 Å². The topological polar surface area (TPSA) is 86.6 Å². The van der Waals surface area contributed by atoms with Crippen LogP contribution < -0.4 is 5.32 Å². The number of carbonyl (C=O) groups is 2. The van der Waals surface area contributed by atoms with Gasteiger partial charge >= 0.3 is 5.97 Å². The number of carboxylic acids is 1. The van der Waals surface area contributed by atoms with Crippen LogP contribution >= 0.6 is 0 Å². The summed E-state index contributed by atoms with van der Waals surface area (Å²) < 4.78 is 0. The maximum Gasteiger partial charge on any atom is 0.328 e. The lowest BCUT2D eigenvalue weighted by Crippen LogP contribution is -2.47. The summed E-state index contributed by atoms with van der Waals surface area (Å²) in [4.78, 5) is 22.0. The number of aliphatic carboxylic acids is 1. The lowest BCUT2D eigenvalue weighted by molar-refractivity contribution is -0.144. The molecule has 0 radical (unpaired) electrons. The first kappa shape index (κ1) is 14.9. The molecule has 0 aromatic carbocycles. The van der Waals surface area contributed by atoms with E-state index in [1.54, 1.807) is 0 Å². The molecule has 0 aliphatic carbocycles. The summed E-state index contributed by atoms with van der Waals surface area (Å²) in [6.45, 7) is 3.42. The van der Waals surface area contributed by atoms with Crippen molar-refractivity contribution in [3.05, 3.63) is 0 Å². The third kappa shape index (κ3) is 6.40. The first-order valence-electron chi connectivity index (χ1n) is 5.69. The normalized spacial score (nSPS) is 14.2.